The Bertz CT molecular complexity index is 507. The van der Waals surface area contributed by atoms with Gasteiger partial charge in [-0.05, 0) is 41.8 Å². The van der Waals surface area contributed by atoms with Crippen molar-refractivity contribution in [2.24, 2.45) is 0 Å². The number of ether oxygens (including phenoxy) is 2. The monoisotopic (exact) mass is 342 g/mol. The summed E-state index contributed by atoms with van der Waals surface area (Å²) in [5.74, 6) is 0.487. The van der Waals surface area contributed by atoms with Crippen LogP contribution in [0.1, 0.15) is 38.2 Å². The number of hydrogen-bond acceptors (Lipinski definition) is 3. The third kappa shape index (κ3) is 2.51. The second kappa shape index (κ2) is 6.04. The maximum Gasteiger partial charge on any atom is 0.314 e. The van der Waals surface area contributed by atoms with E-state index in [1.165, 1.54) is 0 Å². The number of carboxylic acid groups (broad SMARTS) is 1. The fourth-order valence-electron chi connectivity index (χ4n) is 2.92. The van der Waals surface area contributed by atoms with E-state index in [0.29, 0.717) is 30.9 Å². The first kappa shape index (κ1) is 15.2. The van der Waals surface area contributed by atoms with Crippen molar-refractivity contribution in [3.63, 3.8) is 0 Å². The second-order valence-electron chi connectivity index (χ2n) is 5.01. The van der Waals surface area contributed by atoms with Gasteiger partial charge in [0.25, 0.3) is 0 Å². The van der Waals surface area contributed by atoms with Crippen molar-refractivity contribution in [1.82, 2.24) is 0 Å². The van der Waals surface area contributed by atoms with Gasteiger partial charge in [-0.3, -0.25) is 4.79 Å². The summed E-state index contributed by atoms with van der Waals surface area (Å²) in [5, 5.41) is 9.73. The van der Waals surface area contributed by atoms with Crippen LogP contribution in [0.2, 0.25) is 0 Å². The van der Waals surface area contributed by atoms with Crippen LogP contribution in [-0.4, -0.2) is 24.8 Å². The standard InChI is InChI=1S/C15H19BrO4/c1-3-20-12-9-13(19-2)11(16)8-10(12)15(14(17)18)6-4-5-7-15/h8-9H,3-7H2,1-2H3,(H,17,18). The molecule has 1 fully saturated rings. The van der Waals surface area contributed by atoms with Crippen LogP contribution in [0.15, 0.2) is 16.6 Å². The van der Waals surface area contributed by atoms with Crippen LogP contribution >= 0.6 is 15.9 Å². The van der Waals surface area contributed by atoms with Crippen molar-refractivity contribution < 1.29 is 19.4 Å². The van der Waals surface area contributed by atoms with Gasteiger partial charge < -0.3 is 14.6 Å². The minimum atomic E-state index is -0.834. The zero-order chi connectivity index (χ0) is 14.8. The van der Waals surface area contributed by atoms with Gasteiger partial charge in [-0.2, -0.15) is 0 Å². The molecule has 0 spiro atoms. The number of benzene rings is 1. The first-order chi connectivity index (χ1) is 9.55. The van der Waals surface area contributed by atoms with Gasteiger partial charge in [0, 0.05) is 11.6 Å². The fourth-order valence-corrected chi connectivity index (χ4v) is 3.42. The molecule has 1 aromatic carbocycles. The third-order valence-corrected chi connectivity index (χ3v) is 4.56. The van der Waals surface area contributed by atoms with E-state index in [2.05, 4.69) is 15.9 Å². The maximum absolute atomic E-state index is 11.8. The van der Waals surface area contributed by atoms with Gasteiger partial charge in [-0.15, -0.1) is 0 Å². The molecule has 0 heterocycles. The molecule has 0 saturated heterocycles. The van der Waals surface area contributed by atoms with E-state index in [9.17, 15) is 9.90 Å². The van der Waals surface area contributed by atoms with Gasteiger partial charge in [0.2, 0.25) is 0 Å². The second-order valence-corrected chi connectivity index (χ2v) is 5.86. The van der Waals surface area contributed by atoms with Crippen LogP contribution in [0.4, 0.5) is 0 Å². The molecular weight excluding hydrogens is 324 g/mol. The van der Waals surface area contributed by atoms with Crippen molar-refractivity contribution in [1.29, 1.82) is 0 Å². The highest BCUT2D eigenvalue weighted by atomic mass is 79.9. The van der Waals surface area contributed by atoms with Gasteiger partial charge >= 0.3 is 5.97 Å². The normalized spacial score (nSPS) is 16.9. The molecule has 1 saturated carbocycles. The van der Waals surface area contributed by atoms with Gasteiger partial charge in [-0.1, -0.05) is 12.8 Å². The van der Waals surface area contributed by atoms with Crippen LogP contribution in [0.5, 0.6) is 11.5 Å². The minimum Gasteiger partial charge on any atom is -0.495 e. The molecular formula is C15H19BrO4. The minimum absolute atomic E-state index is 0.494. The molecule has 4 nitrogen and oxygen atoms in total. The summed E-state index contributed by atoms with van der Waals surface area (Å²) >= 11 is 3.44. The van der Waals surface area contributed by atoms with E-state index in [-0.39, 0.29) is 0 Å². The molecule has 1 aliphatic rings. The van der Waals surface area contributed by atoms with E-state index < -0.39 is 11.4 Å². The number of carboxylic acids is 1. The van der Waals surface area contributed by atoms with E-state index in [0.717, 1.165) is 22.9 Å². The summed E-state index contributed by atoms with van der Waals surface area (Å²) in [6.45, 7) is 2.38. The predicted molar refractivity (Wildman–Crippen MR) is 79.6 cm³/mol. The van der Waals surface area contributed by atoms with Crippen molar-refractivity contribution in [3.05, 3.63) is 22.2 Å². The molecule has 0 bridgehead atoms. The number of hydrogen-bond donors (Lipinski definition) is 1. The molecule has 1 aromatic rings. The molecule has 20 heavy (non-hydrogen) atoms. The van der Waals surface area contributed by atoms with Gasteiger partial charge in [-0.25, -0.2) is 0 Å². The lowest BCUT2D eigenvalue weighted by atomic mass is 9.78. The Morgan fingerprint density at radius 2 is 2.00 bits per heavy atom. The summed E-state index contributed by atoms with van der Waals surface area (Å²) in [6.07, 6.45) is 3.17. The Balaban J connectivity index is 2.58. The largest absolute Gasteiger partial charge is 0.495 e. The van der Waals surface area contributed by atoms with Crippen molar-refractivity contribution in [3.8, 4) is 11.5 Å². The topological polar surface area (TPSA) is 55.8 Å². The molecule has 0 radical (unpaired) electrons. The first-order valence-electron chi connectivity index (χ1n) is 6.79. The summed E-state index contributed by atoms with van der Waals surface area (Å²) < 4.78 is 11.7. The molecule has 0 atom stereocenters. The zero-order valence-electron chi connectivity index (χ0n) is 11.7. The molecule has 0 unspecified atom stereocenters. The van der Waals surface area contributed by atoms with E-state index in [1.54, 1.807) is 13.2 Å². The van der Waals surface area contributed by atoms with Gasteiger partial charge in [0.1, 0.15) is 11.5 Å². The molecule has 0 amide bonds. The third-order valence-electron chi connectivity index (χ3n) is 3.94. The lowest BCUT2D eigenvalue weighted by Gasteiger charge is -2.27. The maximum atomic E-state index is 11.8. The highest BCUT2D eigenvalue weighted by Gasteiger charge is 2.45. The van der Waals surface area contributed by atoms with Gasteiger partial charge in [0.15, 0.2) is 0 Å². The van der Waals surface area contributed by atoms with Gasteiger partial charge in [0.05, 0.1) is 23.6 Å². The summed E-state index contributed by atoms with van der Waals surface area (Å²) in [5.41, 5.74) is -0.0868. The Morgan fingerprint density at radius 1 is 1.35 bits per heavy atom. The molecule has 110 valence electrons. The Hall–Kier alpha value is -1.23. The van der Waals surface area contributed by atoms with Crippen LogP contribution in [0.3, 0.4) is 0 Å². The Labute approximate surface area is 127 Å². The number of carbonyl (C=O) groups is 1. The van der Waals surface area contributed by atoms with Crippen LogP contribution in [0, 0.1) is 0 Å². The molecule has 0 aliphatic heterocycles. The van der Waals surface area contributed by atoms with Crippen LogP contribution < -0.4 is 9.47 Å². The van der Waals surface area contributed by atoms with E-state index in [1.807, 2.05) is 13.0 Å². The van der Waals surface area contributed by atoms with E-state index >= 15 is 0 Å². The number of rotatable bonds is 5. The quantitative estimate of drug-likeness (QED) is 0.885. The Kier molecular flexibility index (Phi) is 4.58. The summed E-state index contributed by atoms with van der Waals surface area (Å²) in [7, 11) is 1.58. The Morgan fingerprint density at radius 3 is 2.50 bits per heavy atom. The fraction of sp³-hybridized carbons (Fsp3) is 0.533. The summed E-state index contributed by atoms with van der Waals surface area (Å²) in [6, 6.07) is 3.61. The van der Waals surface area contributed by atoms with Crippen LogP contribution in [-0.2, 0) is 10.2 Å². The van der Waals surface area contributed by atoms with Crippen molar-refractivity contribution in [2.45, 2.75) is 38.0 Å². The predicted octanol–water partition coefficient (Wildman–Crippen LogP) is 3.75. The first-order valence-corrected chi connectivity index (χ1v) is 7.58. The smallest absolute Gasteiger partial charge is 0.314 e. The number of halogens is 1. The lowest BCUT2D eigenvalue weighted by Crippen LogP contribution is -2.33. The average molecular weight is 343 g/mol. The van der Waals surface area contributed by atoms with Crippen LogP contribution in [0.25, 0.3) is 0 Å². The molecule has 1 N–H and O–H groups in total. The van der Waals surface area contributed by atoms with Crippen molar-refractivity contribution >= 4 is 21.9 Å². The average Bonchev–Trinajstić information content (AvgIpc) is 2.91. The SMILES string of the molecule is CCOc1cc(OC)c(Br)cc1C1(C(=O)O)CCCC1. The van der Waals surface area contributed by atoms with E-state index in [4.69, 9.17) is 9.47 Å². The van der Waals surface area contributed by atoms with Crippen molar-refractivity contribution in [2.75, 3.05) is 13.7 Å². The molecule has 0 aromatic heterocycles. The highest BCUT2D eigenvalue weighted by molar-refractivity contribution is 9.10. The molecule has 1 aliphatic carbocycles. The highest BCUT2D eigenvalue weighted by Crippen LogP contribution is 2.47. The molecule has 2 rings (SSSR count). The number of aliphatic carboxylic acids is 1. The molecule has 5 heteroatoms. The zero-order valence-corrected chi connectivity index (χ0v) is 13.3. The number of methoxy groups -OCH3 is 1. The summed E-state index contributed by atoms with van der Waals surface area (Å²) in [4.78, 5) is 11.8. The lowest BCUT2D eigenvalue weighted by molar-refractivity contribution is -0.143.